The molecular weight excluding hydrogens is 354 g/mol. The lowest BCUT2D eigenvalue weighted by atomic mass is 9.77. The van der Waals surface area contributed by atoms with Crippen molar-refractivity contribution in [1.82, 2.24) is 20.0 Å². The highest BCUT2D eigenvalue weighted by molar-refractivity contribution is 5.79. The first-order valence-electron chi connectivity index (χ1n) is 9.15. The van der Waals surface area contributed by atoms with Crippen LogP contribution in [-0.4, -0.2) is 45.5 Å². The summed E-state index contributed by atoms with van der Waals surface area (Å²) in [6.07, 6.45) is 2.30. The van der Waals surface area contributed by atoms with Gasteiger partial charge in [-0.3, -0.25) is 9.69 Å². The van der Waals surface area contributed by atoms with Crippen LogP contribution in [0.5, 0.6) is 0 Å². The number of hydrogen-bond donors (Lipinski definition) is 0. The molecule has 0 unspecified atom stereocenters. The van der Waals surface area contributed by atoms with E-state index in [0.29, 0.717) is 36.9 Å². The van der Waals surface area contributed by atoms with E-state index in [0.717, 1.165) is 32.0 Å². The summed E-state index contributed by atoms with van der Waals surface area (Å²) < 4.78 is 32.2. The van der Waals surface area contributed by atoms with Crippen LogP contribution in [0.4, 0.5) is 8.78 Å². The van der Waals surface area contributed by atoms with Crippen LogP contribution >= 0.6 is 0 Å². The predicted octanol–water partition coefficient (Wildman–Crippen LogP) is 2.67. The molecule has 1 amide bonds. The van der Waals surface area contributed by atoms with Gasteiger partial charge in [-0.1, -0.05) is 0 Å². The molecule has 0 bridgehead atoms. The summed E-state index contributed by atoms with van der Waals surface area (Å²) in [6.45, 7) is 4.99. The highest BCUT2D eigenvalue weighted by Crippen LogP contribution is 2.41. The molecule has 2 aliphatic rings. The van der Waals surface area contributed by atoms with Gasteiger partial charge in [0.05, 0.1) is 6.54 Å². The lowest BCUT2D eigenvalue weighted by Gasteiger charge is -2.38. The van der Waals surface area contributed by atoms with E-state index < -0.39 is 11.6 Å². The van der Waals surface area contributed by atoms with Crippen molar-refractivity contribution < 1.29 is 18.0 Å². The minimum absolute atomic E-state index is 0.0514. The molecule has 0 atom stereocenters. The Morgan fingerprint density at radius 3 is 2.44 bits per heavy atom. The lowest BCUT2D eigenvalue weighted by Crippen LogP contribution is -2.41. The van der Waals surface area contributed by atoms with Gasteiger partial charge in [0.25, 0.3) is 0 Å². The van der Waals surface area contributed by atoms with Crippen LogP contribution in [0, 0.1) is 24.0 Å². The Labute approximate surface area is 156 Å². The third-order valence-corrected chi connectivity index (χ3v) is 5.54. The van der Waals surface area contributed by atoms with E-state index >= 15 is 0 Å². The van der Waals surface area contributed by atoms with Crippen molar-refractivity contribution in [2.45, 2.75) is 39.3 Å². The Kier molecular flexibility index (Phi) is 4.67. The van der Waals surface area contributed by atoms with Crippen LogP contribution in [-0.2, 0) is 17.9 Å². The van der Waals surface area contributed by atoms with Crippen molar-refractivity contribution in [3.63, 3.8) is 0 Å². The highest BCUT2D eigenvalue weighted by Gasteiger charge is 2.44. The van der Waals surface area contributed by atoms with Crippen molar-refractivity contribution in [2.24, 2.45) is 5.41 Å². The van der Waals surface area contributed by atoms with Crippen LogP contribution in [0.15, 0.2) is 22.6 Å². The summed E-state index contributed by atoms with van der Waals surface area (Å²) in [5.41, 5.74) is 0.437. The highest BCUT2D eigenvalue weighted by atomic mass is 19.1. The van der Waals surface area contributed by atoms with Crippen molar-refractivity contribution in [3.8, 4) is 0 Å². The smallest absolute Gasteiger partial charge is 0.230 e. The number of carbonyl (C=O) groups is 1. The quantitative estimate of drug-likeness (QED) is 0.821. The lowest BCUT2D eigenvalue weighted by molar-refractivity contribution is -0.128. The van der Waals surface area contributed by atoms with Crippen molar-refractivity contribution >= 4 is 5.91 Å². The Hall–Kier alpha value is -2.35. The second kappa shape index (κ2) is 6.99. The number of hydrogen-bond acceptors (Lipinski definition) is 5. The van der Waals surface area contributed by atoms with Crippen LogP contribution in [0.25, 0.3) is 0 Å². The van der Waals surface area contributed by atoms with E-state index in [1.807, 2.05) is 0 Å². The summed E-state index contributed by atoms with van der Waals surface area (Å²) in [4.78, 5) is 16.5. The molecule has 1 aromatic carbocycles. The number of carbonyl (C=O) groups excluding carboxylic acids is 1. The van der Waals surface area contributed by atoms with Crippen molar-refractivity contribution in [3.05, 3.63) is 47.2 Å². The number of piperidine rings is 1. The van der Waals surface area contributed by atoms with Crippen molar-refractivity contribution in [2.75, 3.05) is 19.6 Å². The van der Waals surface area contributed by atoms with E-state index in [-0.39, 0.29) is 17.9 Å². The summed E-state index contributed by atoms with van der Waals surface area (Å²) in [6, 6.07) is 3.42. The fraction of sp³-hybridized carbons (Fsp3) is 0.526. The monoisotopic (exact) mass is 376 g/mol. The van der Waals surface area contributed by atoms with Gasteiger partial charge in [0.15, 0.2) is 0 Å². The van der Waals surface area contributed by atoms with Gasteiger partial charge >= 0.3 is 0 Å². The second-order valence-corrected chi connectivity index (χ2v) is 7.70. The SMILES string of the molecule is Cc1nnc(CN2CCC3(CC2)CC(=O)N(Cc2cc(F)cc(F)c2)C3)o1. The minimum Gasteiger partial charge on any atom is -0.424 e. The van der Waals surface area contributed by atoms with E-state index in [2.05, 4.69) is 15.1 Å². The van der Waals surface area contributed by atoms with Gasteiger partial charge in [0.1, 0.15) is 11.6 Å². The molecule has 0 radical (unpaired) electrons. The largest absolute Gasteiger partial charge is 0.424 e. The van der Waals surface area contributed by atoms with Crippen LogP contribution in [0.2, 0.25) is 0 Å². The first-order valence-corrected chi connectivity index (χ1v) is 9.15. The summed E-state index contributed by atoms with van der Waals surface area (Å²) in [7, 11) is 0. The maximum atomic E-state index is 13.4. The molecule has 1 aromatic heterocycles. The fourth-order valence-corrected chi connectivity index (χ4v) is 4.16. The Balaban J connectivity index is 1.36. The average molecular weight is 376 g/mol. The van der Waals surface area contributed by atoms with E-state index in [4.69, 9.17) is 4.42 Å². The number of rotatable bonds is 4. The minimum atomic E-state index is -0.615. The molecule has 2 saturated heterocycles. The van der Waals surface area contributed by atoms with Gasteiger partial charge < -0.3 is 9.32 Å². The number of aromatic nitrogens is 2. The molecule has 4 rings (SSSR count). The van der Waals surface area contributed by atoms with Crippen LogP contribution in [0.3, 0.4) is 0 Å². The van der Waals surface area contributed by atoms with Gasteiger partial charge in [0, 0.05) is 32.5 Å². The molecule has 6 nitrogen and oxygen atoms in total. The molecule has 3 heterocycles. The van der Waals surface area contributed by atoms with Gasteiger partial charge in [0.2, 0.25) is 17.7 Å². The normalized spacial score (nSPS) is 20.0. The fourth-order valence-electron chi connectivity index (χ4n) is 4.16. The van der Waals surface area contributed by atoms with Gasteiger partial charge in [-0.2, -0.15) is 0 Å². The van der Waals surface area contributed by atoms with E-state index in [9.17, 15) is 13.6 Å². The van der Waals surface area contributed by atoms with Crippen LogP contribution < -0.4 is 0 Å². The van der Waals surface area contributed by atoms with E-state index in [1.165, 1.54) is 12.1 Å². The zero-order valence-corrected chi connectivity index (χ0v) is 15.3. The molecule has 1 spiro atoms. The third-order valence-electron chi connectivity index (χ3n) is 5.54. The molecule has 2 aliphatic heterocycles. The molecule has 144 valence electrons. The molecule has 8 heteroatoms. The predicted molar refractivity (Wildman–Crippen MR) is 92.4 cm³/mol. The summed E-state index contributed by atoms with van der Waals surface area (Å²) in [5.74, 6) is -0.00231. The maximum Gasteiger partial charge on any atom is 0.230 e. The Morgan fingerprint density at radius 2 is 1.81 bits per heavy atom. The third kappa shape index (κ3) is 4.00. The number of likely N-dealkylation sites (tertiary alicyclic amines) is 2. The molecule has 27 heavy (non-hydrogen) atoms. The zero-order valence-electron chi connectivity index (χ0n) is 15.3. The number of aryl methyl sites for hydroxylation is 1. The first-order chi connectivity index (χ1) is 12.9. The standard InChI is InChI=1S/C19H22F2N4O2/c1-13-22-23-17(27-13)11-24-4-2-19(3-5-24)9-18(26)25(12-19)10-14-6-15(20)8-16(21)7-14/h6-8H,2-5,9-12H2,1H3. The molecule has 2 aromatic rings. The summed E-state index contributed by atoms with van der Waals surface area (Å²) in [5, 5.41) is 7.88. The molecular formula is C19H22F2N4O2. The van der Waals surface area contributed by atoms with Crippen molar-refractivity contribution in [1.29, 1.82) is 0 Å². The van der Waals surface area contributed by atoms with E-state index in [1.54, 1.807) is 11.8 Å². The Morgan fingerprint density at radius 1 is 1.11 bits per heavy atom. The number of benzene rings is 1. The first kappa shape index (κ1) is 18.0. The molecule has 2 fully saturated rings. The van der Waals surface area contributed by atoms with Gasteiger partial charge in [-0.05, 0) is 49.0 Å². The maximum absolute atomic E-state index is 13.4. The van der Waals surface area contributed by atoms with Gasteiger partial charge in [-0.15, -0.1) is 10.2 Å². The average Bonchev–Trinajstić information content (AvgIpc) is 3.13. The zero-order chi connectivity index (χ0) is 19.0. The Bertz CT molecular complexity index is 826. The van der Waals surface area contributed by atoms with Gasteiger partial charge in [-0.25, -0.2) is 8.78 Å². The number of nitrogens with zero attached hydrogens (tertiary/aromatic N) is 4. The number of halogens is 2. The topological polar surface area (TPSA) is 62.5 Å². The second-order valence-electron chi connectivity index (χ2n) is 7.70. The molecule has 0 N–H and O–H groups in total. The molecule has 0 aliphatic carbocycles. The van der Waals surface area contributed by atoms with Crippen LogP contribution in [0.1, 0.15) is 36.6 Å². The summed E-state index contributed by atoms with van der Waals surface area (Å²) >= 11 is 0. The number of amides is 1. The molecule has 0 saturated carbocycles.